The van der Waals surface area contributed by atoms with E-state index in [-0.39, 0.29) is 36.5 Å². The van der Waals surface area contributed by atoms with Crippen LogP contribution in [-0.4, -0.2) is 52.7 Å². The van der Waals surface area contributed by atoms with Crippen LogP contribution in [-0.2, 0) is 0 Å². The van der Waals surface area contributed by atoms with Crippen LogP contribution in [0.2, 0.25) is 0 Å². The molecule has 2 saturated carbocycles. The number of rotatable bonds is 4. The van der Waals surface area contributed by atoms with Crippen molar-refractivity contribution in [3.63, 3.8) is 0 Å². The highest BCUT2D eigenvalue weighted by atomic mass is 19.3. The molecule has 3 heterocycles. The quantitative estimate of drug-likeness (QED) is 0.486. The summed E-state index contributed by atoms with van der Waals surface area (Å²) in [6, 6.07) is 0.0345. The van der Waals surface area contributed by atoms with E-state index in [9.17, 15) is 18.7 Å². The first kappa shape index (κ1) is 18.7. The van der Waals surface area contributed by atoms with Gasteiger partial charge < -0.3 is 15.4 Å². The van der Waals surface area contributed by atoms with Gasteiger partial charge in [-0.3, -0.25) is 4.98 Å². The zero-order valence-electron chi connectivity index (χ0n) is 15.9. The van der Waals surface area contributed by atoms with Gasteiger partial charge in [-0.25, -0.2) is 18.6 Å². The van der Waals surface area contributed by atoms with E-state index in [0.29, 0.717) is 35.3 Å². The van der Waals surface area contributed by atoms with Gasteiger partial charge in [0.2, 0.25) is 17.8 Å². The molecule has 12 heteroatoms. The predicted octanol–water partition coefficient (Wildman–Crippen LogP) is 0.447. The Bertz CT molecular complexity index is 1260. The second kappa shape index (κ2) is 6.89. The van der Waals surface area contributed by atoms with Crippen molar-refractivity contribution < 1.29 is 13.9 Å². The van der Waals surface area contributed by atoms with Gasteiger partial charge in [0.15, 0.2) is 5.65 Å². The van der Waals surface area contributed by atoms with Gasteiger partial charge in [-0.15, -0.1) is 0 Å². The highest BCUT2D eigenvalue weighted by Gasteiger charge is 2.35. The van der Waals surface area contributed by atoms with Crippen LogP contribution >= 0.6 is 0 Å². The van der Waals surface area contributed by atoms with Crippen molar-refractivity contribution in [1.29, 1.82) is 0 Å². The Balaban J connectivity index is 1.56. The van der Waals surface area contributed by atoms with E-state index in [0.717, 1.165) is 12.8 Å². The van der Waals surface area contributed by atoms with E-state index in [1.165, 1.54) is 16.8 Å². The first-order valence-electron chi connectivity index (χ1n) is 9.83. The summed E-state index contributed by atoms with van der Waals surface area (Å²) < 4.78 is 28.4. The average molecular weight is 418 g/mol. The number of alkyl halides is 2. The summed E-state index contributed by atoms with van der Waals surface area (Å²) in [7, 11) is 0. The molecule has 0 unspecified atom stereocenters. The molecule has 0 saturated heterocycles. The maximum atomic E-state index is 13.5. The minimum Gasteiger partial charge on any atom is -0.493 e. The van der Waals surface area contributed by atoms with Crippen molar-refractivity contribution in [3.8, 4) is 5.88 Å². The van der Waals surface area contributed by atoms with E-state index in [1.54, 1.807) is 0 Å². The van der Waals surface area contributed by atoms with Gasteiger partial charge in [0.05, 0.1) is 12.2 Å². The van der Waals surface area contributed by atoms with Crippen LogP contribution in [0.3, 0.4) is 0 Å². The Hall–Kier alpha value is -3.31. The SMILES string of the molecule is O=c1[nH]c(O)c(C=c2cnn3c(=NC4CC4)nc(NC4CCC(F)(F)CC4)nc23)[nH]1. The second-order valence-electron chi connectivity index (χ2n) is 7.80. The molecule has 0 aliphatic heterocycles. The molecular formula is C18H20F2N8O2. The van der Waals surface area contributed by atoms with Crippen LogP contribution in [0, 0.1) is 0 Å². The molecule has 0 bridgehead atoms. The number of nitrogens with one attached hydrogen (secondary N) is 3. The van der Waals surface area contributed by atoms with Crippen LogP contribution in [0.25, 0.3) is 11.7 Å². The Morgan fingerprint density at radius 3 is 2.67 bits per heavy atom. The van der Waals surface area contributed by atoms with Crippen LogP contribution in [0.5, 0.6) is 5.88 Å². The molecule has 0 aromatic carbocycles. The Morgan fingerprint density at radius 1 is 1.23 bits per heavy atom. The van der Waals surface area contributed by atoms with Gasteiger partial charge in [0.1, 0.15) is 5.69 Å². The minimum atomic E-state index is -2.61. The molecule has 10 nitrogen and oxygen atoms in total. The summed E-state index contributed by atoms with van der Waals surface area (Å²) in [6.07, 6.45) is 5.34. The molecule has 2 fully saturated rings. The number of imidazole rings is 1. The molecule has 3 aromatic rings. The zero-order chi connectivity index (χ0) is 20.9. The number of aromatic amines is 2. The summed E-state index contributed by atoms with van der Waals surface area (Å²) in [6.45, 7) is 0. The fraction of sp³-hybridized carbons (Fsp3) is 0.500. The molecule has 158 valence electrons. The van der Waals surface area contributed by atoms with E-state index in [2.05, 4.69) is 35.3 Å². The maximum absolute atomic E-state index is 13.5. The fourth-order valence-corrected chi connectivity index (χ4v) is 3.51. The lowest BCUT2D eigenvalue weighted by atomic mass is 9.92. The summed E-state index contributed by atoms with van der Waals surface area (Å²) in [5.41, 5.74) is 0.455. The molecule has 5 rings (SSSR count). The maximum Gasteiger partial charge on any atom is 0.326 e. The number of fused-ring (bicyclic) bond motifs is 1. The molecule has 2 aliphatic carbocycles. The lowest BCUT2D eigenvalue weighted by Gasteiger charge is -2.28. The Morgan fingerprint density at radius 2 is 2.00 bits per heavy atom. The van der Waals surface area contributed by atoms with Gasteiger partial charge in [-0.05, 0) is 31.8 Å². The molecule has 0 spiro atoms. The summed E-state index contributed by atoms with van der Waals surface area (Å²) in [5.74, 6) is -2.62. The zero-order valence-corrected chi connectivity index (χ0v) is 15.9. The van der Waals surface area contributed by atoms with E-state index in [1.807, 2.05) is 0 Å². The van der Waals surface area contributed by atoms with Crippen molar-refractivity contribution in [3.05, 3.63) is 33.2 Å². The third-order valence-corrected chi connectivity index (χ3v) is 5.31. The number of anilines is 1. The molecule has 0 amide bonds. The normalized spacial score (nSPS) is 20.9. The minimum absolute atomic E-state index is 0.152. The van der Waals surface area contributed by atoms with E-state index < -0.39 is 11.6 Å². The second-order valence-corrected chi connectivity index (χ2v) is 7.80. The van der Waals surface area contributed by atoms with Crippen LogP contribution < -0.4 is 21.8 Å². The Kier molecular flexibility index (Phi) is 4.29. The standard InChI is InChI=1S/C18H20F2N8O2/c19-18(20)5-3-11(4-6-18)22-15-25-13-9(7-12-14(29)26-17(30)24-12)8-21-28(13)16(27-15)23-10-1-2-10/h7-8,10-11,29H,1-6H2,(H,22,23,27)(H2,24,26,30). The van der Waals surface area contributed by atoms with Gasteiger partial charge in [0, 0.05) is 24.1 Å². The number of aromatic nitrogens is 6. The highest BCUT2D eigenvalue weighted by Crippen LogP contribution is 2.33. The monoisotopic (exact) mass is 418 g/mol. The van der Waals surface area contributed by atoms with Crippen molar-refractivity contribution >= 4 is 17.7 Å². The highest BCUT2D eigenvalue weighted by molar-refractivity contribution is 5.57. The largest absolute Gasteiger partial charge is 0.493 e. The van der Waals surface area contributed by atoms with E-state index >= 15 is 0 Å². The molecular weight excluding hydrogens is 398 g/mol. The Labute approximate surface area is 167 Å². The third-order valence-electron chi connectivity index (χ3n) is 5.31. The summed E-state index contributed by atoms with van der Waals surface area (Å²) in [4.78, 5) is 29.7. The number of aromatic hydroxyl groups is 1. The topological polar surface area (TPSA) is 136 Å². The lowest BCUT2D eigenvalue weighted by molar-refractivity contribution is -0.0361. The average Bonchev–Trinajstić information content (AvgIpc) is 3.32. The van der Waals surface area contributed by atoms with Gasteiger partial charge in [-0.1, -0.05) is 0 Å². The van der Waals surface area contributed by atoms with Gasteiger partial charge in [0.25, 0.3) is 5.62 Å². The van der Waals surface area contributed by atoms with E-state index in [4.69, 9.17) is 0 Å². The number of hydrogen-bond acceptors (Lipinski definition) is 7. The number of halogens is 2. The summed E-state index contributed by atoms with van der Waals surface area (Å²) >= 11 is 0. The first-order valence-corrected chi connectivity index (χ1v) is 9.83. The molecule has 4 N–H and O–H groups in total. The molecule has 2 aliphatic rings. The molecule has 0 radical (unpaired) electrons. The van der Waals surface area contributed by atoms with Crippen molar-refractivity contribution in [2.75, 3.05) is 5.32 Å². The third kappa shape index (κ3) is 3.76. The number of nitrogens with zero attached hydrogens (tertiary/aromatic N) is 5. The fourth-order valence-electron chi connectivity index (χ4n) is 3.51. The number of hydrogen-bond donors (Lipinski definition) is 4. The smallest absolute Gasteiger partial charge is 0.326 e. The van der Waals surface area contributed by atoms with Crippen LogP contribution in [0.4, 0.5) is 14.7 Å². The lowest BCUT2D eigenvalue weighted by Crippen LogP contribution is -2.34. The molecule has 0 atom stereocenters. The van der Waals surface area contributed by atoms with Crippen LogP contribution in [0.15, 0.2) is 16.0 Å². The van der Waals surface area contributed by atoms with Gasteiger partial charge in [-0.2, -0.15) is 19.6 Å². The van der Waals surface area contributed by atoms with Crippen LogP contribution in [0.1, 0.15) is 44.2 Å². The predicted molar refractivity (Wildman–Crippen MR) is 102 cm³/mol. The molecule has 3 aromatic heterocycles. The van der Waals surface area contributed by atoms with Gasteiger partial charge >= 0.3 is 5.69 Å². The van der Waals surface area contributed by atoms with Crippen molar-refractivity contribution in [2.45, 2.75) is 56.5 Å². The number of H-pyrrole nitrogens is 2. The molecule has 30 heavy (non-hydrogen) atoms. The summed E-state index contributed by atoms with van der Waals surface area (Å²) in [5, 5.41) is 17.8. The van der Waals surface area contributed by atoms with Crippen molar-refractivity contribution in [1.82, 2.24) is 29.5 Å². The first-order chi connectivity index (χ1) is 14.4. The van der Waals surface area contributed by atoms with Crippen molar-refractivity contribution in [2.24, 2.45) is 4.99 Å².